The second-order valence-electron chi connectivity index (χ2n) is 5.92. The van der Waals surface area contributed by atoms with E-state index in [0.717, 1.165) is 50.0 Å². The standard InChI is InChI=1S/C16H26N2O2.2ClH/c1-19-14-9-12(10-15(11-14)20-2)3-6-16(18)7-4-13(17)5-8-16;;/h9-11,13H,3-8,17-18H2,1-2H3;2*1H. The molecule has 1 aliphatic rings. The molecule has 0 bridgehead atoms. The van der Waals surface area contributed by atoms with Gasteiger partial charge in [-0.1, -0.05) is 0 Å². The fourth-order valence-corrected chi connectivity index (χ4v) is 2.87. The quantitative estimate of drug-likeness (QED) is 0.855. The number of benzene rings is 1. The first kappa shape index (κ1) is 21.3. The molecule has 1 saturated carbocycles. The summed E-state index contributed by atoms with van der Waals surface area (Å²) in [5.74, 6) is 1.66. The van der Waals surface area contributed by atoms with Crippen molar-refractivity contribution in [1.29, 1.82) is 0 Å². The zero-order valence-corrected chi connectivity index (χ0v) is 15.0. The number of nitrogens with two attached hydrogens (primary N) is 2. The molecule has 0 unspecified atom stereocenters. The summed E-state index contributed by atoms with van der Waals surface area (Å²) in [6, 6.07) is 6.34. The Kier molecular flexibility index (Phi) is 9.16. The van der Waals surface area contributed by atoms with Crippen molar-refractivity contribution in [2.75, 3.05) is 14.2 Å². The van der Waals surface area contributed by atoms with Crippen LogP contribution in [0.2, 0.25) is 0 Å². The van der Waals surface area contributed by atoms with E-state index in [2.05, 4.69) is 12.1 Å². The van der Waals surface area contributed by atoms with Crippen molar-refractivity contribution < 1.29 is 9.47 Å². The molecule has 0 spiro atoms. The van der Waals surface area contributed by atoms with Crippen LogP contribution in [0.3, 0.4) is 0 Å². The van der Waals surface area contributed by atoms with E-state index in [4.69, 9.17) is 20.9 Å². The molecule has 0 atom stereocenters. The van der Waals surface area contributed by atoms with E-state index < -0.39 is 0 Å². The molecule has 0 aliphatic heterocycles. The average Bonchev–Trinajstić information content (AvgIpc) is 2.48. The summed E-state index contributed by atoms with van der Waals surface area (Å²) in [6.07, 6.45) is 6.05. The van der Waals surface area contributed by atoms with E-state index in [1.54, 1.807) is 14.2 Å². The Morgan fingerprint density at radius 2 is 1.55 bits per heavy atom. The first-order chi connectivity index (χ1) is 9.54. The minimum absolute atomic E-state index is 0. The highest BCUT2D eigenvalue weighted by molar-refractivity contribution is 5.85. The van der Waals surface area contributed by atoms with Gasteiger partial charge in [0.2, 0.25) is 0 Å². The van der Waals surface area contributed by atoms with Crippen LogP contribution in [-0.2, 0) is 6.42 Å². The summed E-state index contributed by atoms with van der Waals surface area (Å²) in [6.45, 7) is 0. The second-order valence-corrected chi connectivity index (χ2v) is 5.92. The van der Waals surface area contributed by atoms with Crippen LogP contribution in [0.15, 0.2) is 18.2 Å². The molecule has 0 aromatic heterocycles. The van der Waals surface area contributed by atoms with E-state index in [-0.39, 0.29) is 30.4 Å². The molecule has 0 amide bonds. The van der Waals surface area contributed by atoms with Crippen LogP contribution in [0.25, 0.3) is 0 Å². The molecule has 4 N–H and O–H groups in total. The molecule has 2 rings (SSSR count). The van der Waals surface area contributed by atoms with Gasteiger partial charge in [-0.15, -0.1) is 24.8 Å². The summed E-state index contributed by atoms with van der Waals surface area (Å²) in [5, 5.41) is 0. The number of hydrogen-bond donors (Lipinski definition) is 2. The predicted octanol–water partition coefficient (Wildman–Crippen LogP) is 3.08. The Morgan fingerprint density at radius 1 is 1.05 bits per heavy atom. The number of methoxy groups -OCH3 is 2. The topological polar surface area (TPSA) is 70.5 Å². The van der Waals surface area contributed by atoms with E-state index in [9.17, 15) is 0 Å². The number of rotatable bonds is 5. The Hall–Kier alpha value is -0.680. The van der Waals surface area contributed by atoms with Gasteiger partial charge in [0.05, 0.1) is 14.2 Å². The third-order valence-corrected chi connectivity index (χ3v) is 4.35. The van der Waals surface area contributed by atoms with Gasteiger partial charge < -0.3 is 20.9 Å². The number of halogens is 2. The van der Waals surface area contributed by atoms with Gasteiger partial charge >= 0.3 is 0 Å². The van der Waals surface area contributed by atoms with Crippen molar-refractivity contribution in [2.45, 2.75) is 50.1 Å². The fraction of sp³-hybridized carbons (Fsp3) is 0.625. The van der Waals surface area contributed by atoms with Crippen molar-refractivity contribution in [3.63, 3.8) is 0 Å². The lowest BCUT2D eigenvalue weighted by molar-refractivity contribution is 0.258. The fourth-order valence-electron chi connectivity index (χ4n) is 2.87. The highest BCUT2D eigenvalue weighted by Gasteiger charge is 2.29. The molecule has 128 valence electrons. The van der Waals surface area contributed by atoms with E-state index in [1.165, 1.54) is 5.56 Å². The first-order valence-corrected chi connectivity index (χ1v) is 7.31. The van der Waals surface area contributed by atoms with Gasteiger partial charge in [-0.2, -0.15) is 0 Å². The summed E-state index contributed by atoms with van der Waals surface area (Å²) in [5.41, 5.74) is 13.6. The van der Waals surface area contributed by atoms with Gasteiger partial charge in [-0.25, -0.2) is 0 Å². The van der Waals surface area contributed by atoms with Crippen LogP contribution in [0.1, 0.15) is 37.7 Å². The van der Waals surface area contributed by atoms with E-state index in [1.807, 2.05) is 6.07 Å². The summed E-state index contributed by atoms with van der Waals surface area (Å²) in [7, 11) is 3.34. The minimum atomic E-state index is -0.0633. The number of ether oxygens (including phenoxy) is 2. The zero-order chi connectivity index (χ0) is 14.6. The molecule has 1 aromatic rings. The molecule has 1 aliphatic carbocycles. The van der Waals surface area contributed by atoms with Gasteiger partial charge in [-0.3, -0.25) is 0 Å². The molecule has 0 heterocycles. The van der Waals surface area contributed by atoms with Crippen LogP contribution in [0.5, 0.6) is 11.5 Å². The van der Waals surface area contributed by atoms with Crippen molar-refractivity contribution >= 4 is 24.8 Å². The Morgan fingerprint density at radius 3 is 2.00 bits per heavy atom. The normalized spacial score (nSPS) is 23.9. The van der Waals surface area contributed by atoms with Crippen LogP contribution in [0, 0.1) is 0 Å². The molecule has 0 saturated heterocycles. The van der Waals surface area contributed by atoms with Gasteiger partial charge in [-0.05, 0) is 56.2 Å². The molecule has 1 aromatic carbocycles. The smallest absolute Gasteiger partial charge is 0.122 e. The Labute approximate surface area is 145 Å². The largest absolute Gasteiger partial charge is 0.497 e. The maximum Gasteiger partial charge on any atom is 0.122 e. The molecule has 1 fully saturated rings. The molecular weight excluding hydrogens is 323 g/mol. The third-order valence-electron chi connectivity index (χ3n) is 4.35. The van der Waals surface area contributed by atoms with E-state index >= 15 is 0 Å². The van der Waals surface area contributed by atoms with Gasteiger partial charge in [0.1, 0.15) is 11.5 Å². The molecule has 0 radical (unpaired) electrons. The summed E-state index contributed by atoms with van der Waals surface area (Å²) < 4.78 is 10.6. The summed E-state index contributed by atoms with van der Waals surface area (Å²) >= 11 is 0. The molecule has 6 heteroatoms. The van der Waals surface area contributed by atoms with Crippen LogP contribution < -0.4 is 20.9 Å². The highest BCUT2D eigenvalue weighted by Crippen LogP contribution is 2.31. The molecule has 22 heavy (non-hydrogen) atoms. The molecular formula is C16H28Cl2N2O2. The number of aryl methyl sites for hydroxylation is 1. The third kappa shape index (κ3) is 5.84. The average molecular weight is 351 g/mol. The van der Waals surface area contributed by atoms with Gasteiger partial charge in [0, 0.05) is 17.6 Å². The minimum Gasteiger partial charge on any atom is -0.497 e. The van der Waals surface area contributed by atoms with Crippen LogP contribution in [-0.4, -0.2) is 25.8 Å². The van der Waals surface area contributed by atoms with Gasteiger partial charge in [0.25, 0.3) is 0 Å². The second kappa shape index (κ2) is 9.46. The monoisotopic (exact) mass is 350 g/mol. The predicted molar refractivity (Wildman–Crippen MR) is 95.7 cm³/mol. The van der Waals surface area contributed by atoms with E-state index in [0.29, 0.717) is 6.04 Å². The molecule has 4 nitrogen and oxygen atoms in total. The Balaban J connectivity index is 0.00000220. The lowest BCUT2D eigenvalue weighted by atomic mass is 9.77. The highest BCUT2D eigenvalue weighted by atomic mass is 35.5. The van der Waals surface area contributed by atoms with Crippen molar-refractivity contribution in [3.05, 3.63) is 23.8 Å². The van der Waals surface area contributed by atoms with Crippen LogP contribution >= 0.6 is 24.8 Å². The number of hydrogen-bond acceptors (Lipinski definition) is 4. The lowest BCUT2D eigenvalue weighted by Crippen LogP contribution is -2.46. The summed E-state index contributed by atoms with van der Waals surface area (Å²) in [4.78, 5) is 0. The van der Waals surface area contributed by atoms with Crippen molar-refractivity contribution in [2.24, 2.45) is 11.5 Å². The van der Waals surface area contributed by atoms with Crippen LogP contribution in [0.4, 0.5) is 0 Å². The Bertz CT molecular complexity index is 428. The first-order valence-electron chi connectivity index (χ1n) is 7.31. The van der Waals surface area contributed by atoms with Crippen molar-refractivity contribution in [1.82, 2.24) is 0 Å². The van der Waals surface area contributed by atoms with Crippen molar-refractivity contribution in [3.8, 4) is 11.5 Å². The lowest BCUT2D eigenvalue weighted by Gasteiger charge is -2.36. The SMILES string of the molecule is COc1cc(CCC2(N)CCC(N)CC2)cc(OC)c1.Cl.Cl. The maximum atomic E-state index is 6.49. The zero-order valence-electron chi connectivity index (χ0n) is 13.3. The maximum absolute atomic E-state index is 6.49. The van der Waals surface area contributed by atoms with Gasteiger partial charge in [0.15, 0.2) is 0 Å².